The largest absolute Gasteiger partial charge is 0.477 e. The van der Waals surface area contributed by atoms with E-state index in [1.54, 1.807) is 0 Å². The molecule has 0 radical (unpaired) electrons. The van der Waals surface area contributed by atoms with E-state index in [-0.39, 0.29) is 42.7 Å². The summed E-state index contributed by atoms with van der Waals surface area (Å²) in [6.45, 7) is 4.55. The highest BCUT2D eigenvalue weighted by Gasteiger charge is 2.31. The third kappa shape index (κ3) is 31.5. The first kappa shape index (κ1) is 47.5. The molecule has 1 N–H and O–H groups in total. The third-order valence-electron chi connectivity index (χ3n) is 8.80. The van der Waals surface area contributed by atoms with Crippen LogP contribution < -0.4 is 0 Å². The monoisotopic (exact) mass is 707 g/mol. The minimum Gasteiger partial charge on any atom is -0.477 e. The maximum Gasteiger partial charge on any atom is 0.362 e. The molecule has 0 fully saturated rings. The number of ether oxygens (including phenoxy) is 3. The number of rotatable bonds is 35. The molecule has 50 heavy (non-hydrogen) atoms. The zero-order valence-electron chi connectivity index (χ0n) is 32.8. The summed E-state index contributed by atoms with van der Waals surface area (Å²) in [5, 5.41) is 9.58. The van der Waals surface area contributed by atoms with Gasteiger partial charge in [-0.05, 0) is 38.5 Å². The lowest BCUT2D eigenvalue weighted by atomic mass is 10.0. The van der Waals surface area contributed by atoms with Crippen LogP contribution in [0.2, 0.25) is 0 Å². The Hall–Kier alpha value is -2.45. The van der Waals surface area contributed by atoms with E-state index in [2.05, 4.69) is 50.3 Å². The summed E-state index contributed by atoms with van der Waals surface area (Å²) >= 11 is 0. The van der Waals surface area contributed by atoms with Gasteiger partial charge in [-0.15, -0.1) is 0 Å². The lowest BCUT2D eigenvalue weighted by Gasteiger charge is -2.31. The molecule has 0 rings (SSSR count). The van der Waals surface area contributed by atoms with Crippen molar-refractivity contribution >= 4 is 17.9 Å². The van der Waals surface area contributed by atoms with Gasteiger partial charge in [0.2, 0.25) is 0 Å². The number of aliphatic carboxylic acids is 1. The Morgan fingerprint density at radius 2 is 1.12 bits per heavy atom. The number of carbonyl (C=O) groups excluding carboxylic acids is 2. The zero-order chi connectivity index (χ0) is 37.1. The molecule has 0 aromatic heterocycles. The van der Waals surface area contributed by atoms with Gasteiger partial charge in [-0.2, -0.15) is 0 Å². The molecule has 0 saturated heterocycles. The molecule has 0 aromatic rings. The molecule has 0 bridgehead atoms. The quantitative estimate of drug-likeness (QED) is 0.0303. The molecule has 0 amide bonds. The highest BCUT2D eigenvalue weighted by atomic mass is 16.6. The maximum atomic E-state index is 12.6. The summed E-state index contributed by atoms with van der Waals surface area (Å²) in [7, 11) is 5.50. The van der Waals surface area contributed by atoms with Crippen LogP contribution in [0.5, 0.6) is 0 Å². The van der Waals surface area contributed by atoms with Gasteiger partial charge in [0, 0.05) is 19.3 Å². The number of unbranched alkanes of at least 4 members (excludes halogenated alkanes) is 15. The van der Waals surface area contributed by atoms with Crippen molar-refractivity contribution < 1.29 is 38.2 Å². The molecule has 0 aromatic carbocycles. The van der Waals surface area contributed by atoms with Crippen LogP contribution in [0.4, 0.5) is 0 Å². The molecular formula is C42H76NO7+. The standard InChI is InChI=1S/C42H75NO7/c1-6-8-10-12-14-16-18-19-20-21-23-24-26-28-30-32-40(44)49-37-38(36-48-35-34-39(42(46)47)43(3,4)5)50-41(45)33-31-29-27-25-22-17-15-13-11-9-7-2/h9,11,15,17,25,27,38-39H,6-8,10,12-14,16,18-24,26,28-37H2,1-5H3/p+1/b11-9+,17-15+,27-25+. The Kier molecular flexibility index (Phi) is 32.0. The van der Waals surface area contributed by atoms with E-state index in [0.717, 1.165) is 44.9 Å². The molecule has 0 saturated carbocycles. The number of hydrogen-bond donors (Lipinski definition) is 1. The van der Waals surface area contributed by atoms with Crippen LogP contribution in [0.25, 0.3) is 0 Å². The maximum absolute atomic E-state index is 12.6. The summed E-state index contributed by atoms with van der Waals surface area (Å²) in [5.41, 5.74) is 0. The molecule has 290 valence electrons. The fraction of sp³-hybridized carbons (Fsp3) is 0.786. The molecule has 0 spiro atoms. The Labute approximate surface area is 306 Å². The summed E-state index contributed by atoms with van der Waals surface area (Å²) in [6, 6.07) is -0.620. The average Bonchev–Trinajstić information content (AvgIpc) is 3.06. The summed E-state index contributed by atoms with van der Waals surface area (Å²) in [5.74, 6) is -1.54. The van der Waals surface area contributed by atoms with Crippen molar-refractivity contribution in [2.24, 2.45) is 0 Å². The van der Waals surface area contributed by atoms with E-state index in [9.17, 15) is 19.5 Å². The first-order valence-electron chi connectivity index (χ1n) is 20.0. The predicted octanol–water partition coefficient (Wildman–Crippen LogP) is 10.3. The number of carboxylic acid groups (broad SMARTS) is 1. The second-order valence-corrected chi connectivity index (χ2v) is 14.5. The minimum absolute atomic E-state index is 0.0428. The van der Waals surface area contributed by atoms with Crippen molar-refractivity contribution in [3.8, 4) is 0 Å². The van der Waals surface area contributed by atoms with Crippen LogP contribution in [-0.2, 0) is 28.6 Å². The second-order valence-electron chi connectivity index (χ2n) is 14.5. The van der Waals surface area contributed by atoms with Gasteiger partial charge in [0.15, 0.2) is 12.1 Å². The molecule has 0 aliphatic carbocycles. The van der Waals surface area contributed by atoms with Crippen molar-refractivity contribution in [3.05, 3.63) is 36.5 Å². The first-order valence-corrected chi connectivity index (χ1v) is 20.0. The van der Waals surface area contributed by atoms with Gasteiger partial charge in [0.1, 0.15) is 6.61 Å². The van der Waals surface area contributed by atoms with E-state index in [4.69, 9.17) is 14.2 Å². The lowest BCUT2D eigenvalue weighted by molar-refractivity contribution is -0.887. The molecule has 2 atom stereocenters. The number of esters is 2. The highest BCUT2D eigenvalue weighted by Crippen LogP contribution is 2.14. The fourth-order valence-corrected chi connectivity index (χ4v) is 5.70. The Bertz CT molecular complexity index is 922. The van der Waals surface area contributed by atoms with Crippen molar-refractivity contribution in [2.45, 2.75) is 174 Å². The normalized spacial score (nSPS) is 13.4. The number of carboxylic acids is 1. The van der Waals surface area contributed by atoms with Crippen LogP contribution in [0.15, 0.2) is 36.5 Å². The molecule has 0 aliphatic heterocycles. The van der Waals surface area contributed by atoms with E-state index in [1.165, 1.54) is 77.0 Å². The number of hydrogen-bond acceptors (Lipinski definition) is 6. The van der Waals surface area contributed by atoms with Gasteiger partial charge in [-0.1, -0.05) is 140 Å². The van der Waals surface area contributed by atoms with Crippen LogP contribution in [0.1, 0.15) is 162 Å². The number of allylic oxidation sites excluding steroid dienone is 6. The average molecular weight is 707 g/mol. The third-order valence-corrected chi connectivity index (χ3v) is 8.80. The summed E-state index contributed by atoms with van der Waals surface area (Å²) < 4.78 is 17.1. The SMILES string of the molecule is CC/C=C/C/C=C/C/C=C/CCCC(=O)OC(COCCC(C(=O)O)[N+](C)(C)C)COC(=O)CCCCCCCCCCCCCCCCC. The fourth-order valence-electron chi connectivity index (χ4n) is 5.70. The van der Waals surface area contributed by atoms with Gasteiger partial charge in [-0.25, -0.2) is 4.79 Å². The van der Waals surface area contributed by atoms with Crippen molar-refractivity contribution in [3.63, 3.8) is 0 Å². The topological polar surface area (TPSA) is 99.1 Å². The first-order chi connectivity index (χ1) is 24.1. The highest BCUT2D eigenvalue weighted by molar-refractivity contribution is 5.72. The van der Waals surface area contributed by atoms with E-state index in [1.807, 2.05) is 21.1 Å². The molecule has 0 aliphatic rings. The number of likely N-dealkylation sites (N-methyl/N-ethyl adjacent to an activating group) is 1. The van der Waals surface area contributed by atoms with E-state index in [0.29, 0.717) is 19.3 Å². The van der Waals surface area contributed by atoms with Gasteiger partial charge < -0.3 is 23.8 Å². The van der Waals surface area contributed by atoms with Gasteiger partial charge >= 0.3 is 17.9 Å². The van der Waals surface area contributed by atoms with Crippen molar-refractivity contribution in [1.82, 2.24) is 0 Å². The summed E-state index contributed by atoms with van der Waals surface area (Å²) in [4.78, 5) is 36.8. The van der Waals surface area contributed by atoms with Crippen LogP contribution in [0, 0.1) is 0 Å². The molecule has 8 heteroatoms. The number of carbonyl (C=O) groups is 3. The Balaban J connectivity index is 4.41. The molecular weight excluding hydrogens is 630 g/mol. The predicted molar refractivity (Wildman–Crippen MR) is 206 cm³/mol. The number of nitrogens with zero attached hydrogens (tertiary/aromatic N) is 1. The summed E-state index contributed by atoms with van der Waals surface area (Å²) in [6.07, 6.45) is 36.3. The number of quaternary nitrogens is 1. The minimum atomic E-state index is -0.883. The Morgan fingerprint density at radius 1 is 0.620 bits per heavy atom. The smallest absolute Gasteiger partial charge is 0.362 e. The van der Waals surface area contributed by atoms with Crippen molar-refractivity contribution in [2.75, 3.05) is 41.0 Å². The Morgan fingerprint density at radius 3 is 1.64 bits per heavy atom. The second kappa shape index (κ2) is 33.7. The van der Waals surface area contributed by atoms with E-state index < -0.39 is 18.1 Å². The molecule has 8 nitrogen and oxygen atoms in total. The van der Waals surface area contributed by atoms with E-state index >= 15 is 0 Å². The molecule has 2 unspecified atom stereocenters. The molecule has 0 heterocycles. The zero-order valence-corrected chi connectivity index (χ0v) is 32.8. The lowest BCUT2D eigenvalue weighted by Crippen LogP contribution is -2.50. The van der Waals surface area contributed by atoms with Crippen LogP contribution >= 0.6 is 0 Å². The van der Waals surface area contributed by atoms with Crippen LogP contribution in [-0.4, -0.2) is 80.6 Å². The van der Waals surface area contributed by atoms with Crippen molar-refractivity contribution in [1.29, 1.82) is 0 Å². The van der Waals surface area contributed by atoms with Gasteiger partial charge in [0.05, 0.1) is 34.4 Å². The van der Waals surface area contributed by atoms with Crippen LogP contribution in [0.3, 0.4) is 0 Å². The van der Waals surface area contributed by atoms with Gasteiger partial charge in [0.25, 0.3) is 0 Å². The van der Waals surface area contributed by atoms with Gasteiger partial charge in [-0.3, -0.25) is 9.59 Å².